The smallest absolute Gasteiger partial charge is 0.0963 e. The van der Waals surface area contributed by atoms with Crippen LogP contribution in [0.25, 0.3) is 0 Å². The summed E-state index contributed by atoms with van der Waals surface area (Å²) in [7, 11) is 0. The van der Waals surface area contributed by atoms with Gasteiger partial charge in [-0.2, -0.15) is 0 Å². The standard InChI is InChI=1S/C12H24N2O/c1-11(2)6-9-15-10-8-14-12-5-3-4-7-13-12/h11H,3-10H2,1-2H3,(H,13,14). The third-order valence-corrected chi connectivity index (χ3v) is 2.54. The van der Waals surface area contributed by atoms with Crippen molar-refractivity contribution >= 4 is 5.84 Å². The number of hydrogen-bond donors (Lipinski definition) is 1. The minimum Gasteiger partial charge on any atom is -0.380 e. The molecule has 0 unspecified atom stereocenters. The lowest BCUT2D eigenvalue weighted by atomic mass is 10.1. The fourth-order valence-electron chi connectivity index (χ4n) is 1.53. The molecule has 1 heterocycles. The summed E-state index contributed by atoms with van der Waals surface area (Å²) in [5.74, 6) is 1.91. The van der Waals surface area contributed by atoms with E-state index in [1.807, 2.05) is 0 Å². The number of nitrogens with zero attached hydrogens (tertiary/aromatic N) is 1. The van der Waals surface area contributed by atoms with Crippen LogP contribution in [0.15, 0.2) is 4.99 Å². The van der Waals surface area contributed by atoms with Crippen molar-refractivity contribution in [3.63, 3.8) is 0 Å². The van der Waals surface area contributed by atoms with Crippen molar-refractivity contribution in [2.75, 3.05) is 26.3 Å². The molecule has 0 saturated heterocycles. The summed E-state index contributed by atoms with van der Waals surface area (Å²) in [6, 6.07) is 0. The van der Waals surface area contributed by atoms with Gasteiger partial charge in [0.05, 0.1) is 12.4 Å². The van der Waals surface area contributed by atoms with E-state index in [9.17, 15) is 0 Å². The van der Waals surface area contributed by atoms with Gasteiger partial charge in [-0.3, -0.25) is 4.99 Å². The van der Waals surface area contributed by atoms with E-state index in [0.717, 1.165) is 45.1 Å². The van der Waals surface area contributed by atoms with Gasteiger partial charge in [-0.1, -0.05) is 13.8 Å². The third-order valence-electron chi connectivity index (χ3n) is 2.54. The van der Waals surface area contributed by atoms with E-state index in [4.69, 9.17) is 4.74 Å². The SMILES string of the molecule is CC(C)CCOCCNC1=NCCCC1. The highest BCUT2D eigenvalue weighted by molar-refractivity contribution is 5.82. The Balaban J connectivity index is 1.90. The molecule has 0 amide bonds. The van der Waals surface area contributed by atoms with Crippen LogP contribution in [-0.2, 0) is 4.74 Å². The molecule has 3 heteroatoms. The topological polar surface area (TPSA) is 33.6 Å². The quantitative estimate of drug-likeness (QED) is 0.685. The second-order valence-corrected chi connectivity index (χ2v) is 4.51. The van der Waals surface area contributed by atoms with Crippen LogP contribution in [0, 0.1) is 5.92 Å². The van der Waals surface area contributed by atoms with Gasteiger partial charge in [0.2, 0.25) is 0 Å². The van der Waals surface area contributed by atoms with E-state index in [-0.39, 0.29) is 0 Å². The van der Waals surface area contributed by atoms with Crippen molar-refractivity contribution in [3.05, 3.63) is 0 Å². The van der Waals surface area contributed by atoms with Crippen molar-refractivity contribution in [2.24, 2.45) is 10.9 Å². The molecular formula is C12H24N2O. The summed E-state index contributed by atoms with van der Waals surface area (Å²) < 4.78 is 5.52. The van der Waals surface area contributed by atoms with Gasteiger partial charge in [0.15, 0.2) is 0 Å². The summed E-state index contributed by atoms with van der Waals surface area (Å²) in [4.78, 5) is 4.43. The molecule has 1 rings (SSSR count). The molecular weight excluding hydrogens is 188 g/mol. The summed E-state index contributed by atoms with van der Waals surface area (Å²) in [5, 5.41) is 3.33. The highest BCUT2D eigenvalue weighted by Crippen LogP contribution is 2.03. The van der Waals surface area contributed by atoms with Gasteiger partial charge >= 0.3 is 0 Å². The summed E-state index contributed by atoms with van der Waals surface area (Å²) in [6.45, 7) is 8.02. The van der Waals surface area contributed by atoms with Gasteiger partial charge < -0.3 is 10.1 Å². The van der Waals surface area contributed by atoms with Gasteiger partial charge in [-0.15, -0.1) is 0 Å². The Labute approximate surface area is 93.3 Å². The van der Waals surface area contributed by atoms with Gasteiger partial charge in [0, 0.05) is 26.1 Å². The monoisotopic (exact) mass is 212 g/mol. The second kappa shape index (κ2) is 7.69. The minimum atomic E-state index is 0.737. The first-order valence-corrected chi connectivity index (χ1v) is 6.14. The first-order valence-electron chi connectivity index (χ1n) is 6.14. The lowest BCUT2D eigenvalue weighted by Crippen LogP contribution is -2.29. The fraction of sp³-hybridized carbons (Fsp3) is 0.917. The molecule has 0 aromatic carbocycles. The molecule has 0 atom stereocenters. The maximum absolute atomic E-state index is 5.52. The van der Waals surface area contributed by atoms with Crippen molar-refractivity contribution in [3.8, 4) is 0 Å². The van der Waals surface area contributed by atoms with Gasteiger partial charge in [-0.25, -0.2) is 0 Å². The van der Waals surface area contributed by atoms with Gasteiger partial charge in [-0.05, 0) is 25.2 Å². The first-order chi connectivity index (χ1) is 7.29. The molecule has 88 valence electrons. The molecule has 0 radical (unpaired) electrons. The third kappa shape index (κ3) is 6.50. The van der Waals surface area contributed by atoms with Crippen LogP contribution >= 0.6 is 0 Å². The molecule has 3 nitrogen and oxygen atoms in total. The predicted octanol–water partition coefficient (Wildman–Crippen LogP) is 2.22. The maximum atomic E-state index is 5.52. The Morgan fingerprint density at radius 1 is 1.33 bits per heavy atom. The van der Waals surface area contributed by atoms with Crippen molar-refractivity contribution in [2.45, 2.75) is 39.5 Å². The van der Waals surface area contributed by atoms with E-state index < -0.39 is 0 Å². The summed E-state index contributed by atoms with van der Waals surface area (Å²) in [5.41, 5.74) is 0. The van der Waals surface area contributed by atoms with E-state index in [1.54, 1.807) is 0 Å². The average Bonchev–Trinajstić information content (AvgIpc) is 2.24. The molecule has 1 aliphatic heterocycles. The molecule has 0 aliphatic carbocycles. The van der Waals surface area contributed by atoms with Gasteiger partial charge in [0.1, 0.15) is 0 Å². The zero-order chi connectivity index (χ0) is 10.9. The number of amidine groups is 1. The van der Waals surface area contributed by atoms with Crippen LogP contribution in [0.1, 0.15) is 39.5 Å². The van der Waals surface area contributed by atoms with Crippen LogP contribution in [0.4, 0.5) is 0 Å². The maximum Gasteiger partial charge on any atom is 0.0963 e. The molecule has 1 aliphatic rings. The lowest BCUT2D eigenvalue weighted by Gasteiger charge is -2.14. The normalized spacial score (nSPS) is 16.6. The molecule has 0 fully saturated rings. The second-order valence-electron chi connectivity index (χ2n) is 4.51. The van der Waals surface area contributed by atoms with E-state index in [2.05, 4.69) is 24.2 Å². The van der Waals surface area contributed by atoms with Crippen LogP contribution in [0.2, 0.25) is 0 Å². The number of aliphatic imine (C=N–C) groups is 1. The van der Waals surface area contributed by atoms with Crippen molar-refractivity contribution < 1.29 is 4.74 Å². The molecule has 1 N–H and O–H groups in total. The largest absolute Gasteiger partial charge is 0.380 e. The van der Waals surface area contributed by atoms with Crippen LogP contribution in [0.3, 0.4) is 0 Å². The number of nitrogens with one attached hydrogen (secondary N) is 1. The van der Waals surface area contributed by atoms with Crippen LogP contribution in [-0.4, -0.2) is 32.1 Å². The Morgan fingerprint density at radius 2 is 2.20 bits per heavy atom. The molecule has 0 aromatic rings. The molecule has 0 saturated carbocycles. The molecule has 0 bridgehead atoms. The van der Waals surface area contributed by atoms with Crippen LogP contribution in [0.5, 0.6) is 0 Å². The Bertz CT molecular complexity index is 190. The van der Waals surface area contributed by atoms with E-state index >= 15 is 0 Å². The first kappa shape index (κ1) is 12.5. The highest BCUT2D eigenvalue weighted by atomic mass is 16.5. The van der Waals surface area contributed by atoms with Crippen molar-refractivity contribution in [1.82, 2.24) is 5.32 Å². The Hall–Kier alpha value is -0.570. The van der Waals surface area contributed by atoms with E-state index in [1.165, 1.54) is 18.7 Å². The van der Waals surface area contributed by atoms with E-state index in [0.29, 0.717) is 0 Å². The molecule has 0 spiro atoms. The van der Waals surface area contributed by atoms with Crippen LogP contribution < -0.4 is 5.32 Å². The fourth-order valence-corrected chi connectivity index (χ4v) is 1.53. The average molecular weight is 212 g/mol. The minimum absolute atomic E-state index is 0.737. The number of hydrogen-bond acceptors (Lipinski definition) is 3. The Kier molecular flexibility index (Phi) is 6.41. The molecule has 0 aromatic heterocycles. The number of ether oxygens (including phenoxy) is 1. The van der Waals surface area contributed by atoms with Gasteiger partial charge in [0.25, 0.3) is 0 Å². The summed E-state index contributed by atoms with van der Waals surface area (Å²) >= 11 is 0. The molecule has 15 heavy (non-hydrogen) atoms. The zero-order valence-corrected chi connectivity index (χ0v) is 10.1. The number of rotatable bonds is 6. The highest BCUT2D eigenvalue weighted by Gasteiger charge is 2.03. The lowest BCUT2D eigenvalue weighted by molar-refractivity contribution is 0.128. The predicted molar refractivity (Wildman–Crippen MR) is 64.4 cm³/mol. The Morgan fingerprint density at radius 3 is 2.87 bits per heavy atom. The van der Waals surface area contributed by atoms with Crippen molar-refractivity contribution in [1.29, 1.82) is 0 Å². The zero-order valence-electron chi connectivity index (χ0n) is 10.1. The summed E-state index contributed by atoms with van der Waals surface area (Å²) in [6.07, 6.45) is 4.79.